The minimum atomic E-state index is -0.160. The average Bonchev–Trinajstić information content (AvgIpc) is 2.83. The zero-order valence-electron chi connectivity index (χ0n) is 11.3. The van der Waals surface area contributed by atoms with Crippen LogP contribution in [0.5, 0.6) is 0 Å². The molecule has 2 aromatic heterocycles. The molecule has 0 unspecified atom stereocenters. The van der Waals surface area contributed by atoms with E-state index in [-0.39, 0.29) is 11.5 Å². The predicted molar refractivity (Wildman–Crippen MR) is 77.4 cm³/mol. The summed E-state index contributed by atoms with van der Waals surface area (Å²) in [5, 5.41) is 6.00. The molecule has 1 aromatic carbocycles. The molecular weight excluding hydrogens is 254 g/mol. The van der Waals surface area contributed by atoms with Crippen molar-refractivity contribution >= 4 is 17.4 Å². The lowest BCUT2D eigenvalue weighted by molar-refractivity contribution is 0.795. The molecule has 0 saturated carbocycles. The van der Waals surface area contributed by atoms with Crippen molar-refractivity contribution in [2.45, 2.75) is 19.8 Å². The van der Waals surface area contributed by atoms with Gasteiger partial charge in [0.1, 0.15) is 0 Å². The first-order chi connectivity index (χ1) is 9.63. The highest BCUT2D eigenvalue weighted by Gasteiger charge is 2.10. The van der Waals surface area contributed by atoms with Crippen molar-refractivity contribution in [2.75, 3.05) is 5.32 Å². The van der Waals surface area contributed by atoms with Crippen molar-refractivity contribution in [1.29, 1.82) is 0 Å². The van der Waals surface area contributed by atoms with Crippen molar-refractivity contribution in [3.63, 3.8) is 0 Å². The molecule has 0 saturated heterocycles. The van der Waals surface area contributed by atoms with Gasteiger partial charge < -0.3 is 5.32 Å². The lowest BCUT2D eigenvalue weighted by Gasteiger charge is -2.01. The first-order valence-corrected chi connectivity index (χ1v) is 6.45. The van der Waals surface area contributed by atoms with Crippen LogP contribution in [0.1, 0.15) is 25.5 Å². The second kappa shape index (κ2) is 4.80. The molecule has 0 bridgehead atoms. The third-order valence-corrected chi connectivity index (χ3v) is 2.98. The van der Waals surface area contributed by atoms with Gasteiger partial charge in [0.05, 0.1) is 5.69 Å². The van der Waals surface area contributed by atoms with Crippen LogP contribution in [0, 0.1) is 0 Å². The Labute approximate surface area is 115 Å². The molecule has 6 nitrogen and oxygen atoms in total. The van der Waals surface area contributed by atoms with Crippen molar-refractivity contribution in [1.82, 2.24) is 19.6 Å². The Morgan fingerprint density at radius 3 is 2.65 bits per heavy atom. The van der Waals surface area contributed by atoms with E-state index in [1.807, 2.05) is 44.2 Å². The number of aromatic nitrogens is 4. The maximum atomic E-state index is 12.0. The number of para-hydroxylation sites is 1. The molecule has 0 atom stereocenters. The van der Waals surface area contributed by atoms with Gasteiger partial charge in [-0.25, -0.2) is 4.98 Å². The summed E-state index contributed by atoms with van der Waals surface area (Å²) in [6, 6.07) is 11.2. The summed E-state index contributed by atoms with van der Waals surface area (Å²) in [6.07, 6.45) is 0. The van der Waals surface area contributed by atoms with E-state index in [9.17, 15) is 4.79 Å². The van der Waals surface area contributed by atoms with E-state index in [0.717, 1.165) is 11.4 Å². The van der Waals surface area contributed by atoms with Crippen LogP contribution in [0.3, 0.4) is 0 Å². The molecule has 102 valence electrons. The van der Waals surface area contributed by atoms with E-state index >= 15 is 0 Å². The SMILES string of the molecule is CC(C)c1cc(=O)n2[nH]c(Nc3ccccc3)nc2n1. The zero-order chi connectivity index (χ0) is 14.1. The Morgan fingerprint density at radius 1 is 1.20 bits per heavy atom. The number of benzene rings is 1. The minimum Gasteiger partial charge on any atom is -0.325 e. The summed E-state index contributed by atoms with van der Waals surface area (Å²) in [5.41, 5.74) is 1.48. The lowest BCUT2D eigenvalue weighted by atomic mass is 10.1. The number of hydrogen-bond acceptors (Lipinski definition) is 4. The molecule has 0 spiro atoms. The molecule has 0 radical (unpaired) electrons. The van der Waals surface area contributed by atoms with Gasteiger partial charge in [0.15, 0.2) is 0 Å². The quantitative estimate of drug-likeness (QED) is 0.765. The smallest absolute Gasteiger partial charge is 0.274 e. The van der Waals surface area contributed by atoms with E-state index in [2.05, 4.69) is 20.4 Å². The summed E-state index contributed by atoms with van der Waals surface area (Å²) >= 11 is 0. The number of fused-ring (bicyclic) bond motifs is 1. The largest absolute Gasteiger partial charge is 0.325 e. The van der Waals surface area contributed by atoms with Crippen LogP contribution in [0.4, 0.5) is 11.6 Å². The van der Waals surface area contributed by atoms with Gasteiger partial charge in [0.2, 0.25) is 5.95 Å². The van der Waals surface area contributed by atoms with Crippen molar-refractivity contribution in [2.24, 2.45) is 0 Å². The maximum absolute atomic E-state index is 12.0. The number of hydrogen-bond donors (Lipinski definition) is 2. The van der Waals surface area contributed by atoms with Crippen LogP contribution >= 0.6 is 0 Å². The third-order valence-electron chi connectivity index (χ3n) is 2.98. The topological polar surface area (TPSA) is 75.1 Å². The molecule has 2 N–H and O–H groups in total. The van der Waals surface area contributed by atoms with Crippen molar-refractivity contribution in [3.05, 3.63) is 52.4 Å². The van der Waals surface area contributed by atoms with Gasteiger partial charge in [-0.2, -0.15) is 9.50 Å². The van der Waals surface area contributed by atoms with Gasteiger partial charge in [0.25, 0.3) is 11.3 Å². The lowest BCUT2D eigenvalue weighted by Crippen LogP contribution is -2.16. The Kier molecular flexibility index (Phi) is 2.98. The fraction of sp³-hybridized carbons (Fsp3) is 0.214. The molecule has 20 heavy (non-hydrogen) atoms. The van der Waals surface area contributed by atoms with Gasteiger partial charge in [-0.3, -0.25) is 9.89 Å². The van der Waals surface area contributed by atoms with E-state index in [4.69, 9.17) is 0 Å². The van der Waals surface area contributed by atoms with Crippen LogP contribution in [0.2, 0.25) is 0 Å². The average molecular weight is 269 g/mol. The second-order valence-corrected chi connectivity index (χ2v) is 4.87. The molecule has 3 rings (SSSR count). The zero-order valence-corrected chi connectivity index (χ0v) is 11.3. The highest BCUT2D eigenvalue weighted by Crippen LogP contribution is 2.13. The molecule has 0 aliphatic carbocycles. The Bertz CT molecular complexity index is 788. The Hall–Kier alpha value is -2.63. The maximum Gasteiger partial charge on any atom is 0.274 e. The Morgan fingerprint density at radius 2 is 1.95 bits per heavy atom. The fourth-order valence-electron chi connectivity index (χ4n) is 1.91. The first kappa shape index (κ1) is 12.4. The van der Waals surface area contributed by atoms with Crippen molar-refractivity contribution in [3.8, 4) is 0 Å². The van der Waals surface area contributed by atoms with Crippen LogP contribution < -0.4 is 10.9 Å². The molecule has 0 fully saturated rings. The normalized spacial score (nSPS) is 11.2. The van der Waals surface area contributed by atoms with E-state index < -0.39 is 0 Å². The molecule has 0 aliphatic heterocycles. The molecule has 0 amide bonds. The molecule has 3 aromatic rings. The number of nitrogens with one attached hydrogen (secondary N) is 2. The summed E-state index contributed by atoms with van der Waals surface area (Å²) in [7, 11) is 0. The summed E-state index contributed by atoms with van der Waals surface area (Å²) in [4.78, 5) is 20.7. The van der Waals surface area contributed by atoms with Crippen LogP contribution in [0.15, 0.2) is 41.2 Å². The molecule has 2 heterocycles. The van der Waals surface area contributed by atoms with E-state index in [1.165, 1.54) is 10.6 Å². The van der Waals surface area contributed by atoms with E-state index in [1.54, 1.807) is 0 Å². The third kappa shape index (κ3) is 2.27. The van der Waals surface area contributed by atoms with Gasteiger partial charge in [-0.1, -0.05) is 32.0 Å². The predicted octanol–water partition coefficient (Wildman–Crippen LogP) is 2.28. The van der Waals surface area contributed by atoms with Gasteiger partial charge in [-0.15, -0.1) is 0 Å². The van der Waals surface area contributed by atoms with Crippen LogP contribution in [-0.2, 0) is 0 Å². The van der Waals surface area contributed by atoms with Gasteiger partial charge in [-0.05, 0) is 18.1 Å². The van der Waals surface area contributed by atoms with Gasteiger partial charge in [0, 0.05) is 11.8 Å². The number of rotatable bonds is 3. The number of H-pyrrole nitrogens is 1. The molecule has 0 aliphatic rings. The number of aromatic amines is 1. The monoisotopic (exact) mass is 269 g/mol. The van der Waals surface area contributed by atoms with Crippen molar-refractivity contribution < 1.29 is 0 Å². The highest BCUT2D eigenvalue weighted by atomic mass is 16.1. The highest BCUT2D eigenvalue weighted by molar-refractivity contribution is 5.54. The van der Waals surface area contributed by atoms with E-state index in [0.29, 0.717) is 11.7 Å². The summed E-state index contributed by atoms with van der Waals surface area (Å²) < 4.78 is 1.33. The molecular formula is C14H15N5O. The fourth-order valence-corrected chi connectivity index (χ4v) is 1.91. The Balaban J connectivity index is 2.02. The number of nitrogens with zero attached hydrogens (tertiary/aromatic N) is 3. The second-order valence-electron chi connectivity index (χ2n) is 4.87. The number of anilines is 2. The summed E-state index contributed by atoms with van der Waals surface area (Å²) in [5.74, 6) is 1.05. The molecule has 6 heteroatoms. The standard InChI is InChI=1S/C14H15N5O/c1-9(2)11-8-12(20)19-14(16-11)17-13(18-19)15-10-6-4-3-5-7-10/h3-9H,1-2H3,(H2,15,16,17,18). The first-order valence-electron chi connectivity index (χ1n) is 6.45. The van der Waals surface area contributed by atoms with Gasteiger partial charge >= 0.3 is 0 Å². The summed E-state index contributed by atoms with van der Waals surface area (Å²) in [6.45, 7) is 3.99. The minimum absolute atomic E-state index is 0.160. The van der Waals surface area contributed by atoms with Crippen LogP contribution in [0.25, 0.3) is 5.78 Å². The van der Waals surface area contributed by atoms with Crippen LogP contribution in [-0.4, -0.2) is 19.6 Å².